The van der Waals surface area contributed by atoms with Gasteiger partial charge in [-0.25, -0.2) is 9.37 Å². The molecule has 3 nitrogen and oxygen atoms in total. The van der Waals surface area contributed by atoms with E-state index < -0.39 is 0 Å². The van der Waals surface area contributed by atoms with E-state index in [2.05, 4.69) is 31.1 Å². The number of nitrogens with one attached hydrogen (secondary N) is 1. The topological polar surface area (TPSA) is 29.9 Å². The zero-order chi connectivity index (χ0) is 14.8. The van der Waals surface area contributed by atoms with Gasteiger partial charge in [0, 0.05) is 30.9 Å². The van der Waals surface area contributed by atoms with E-state index >= 15 is 0 Å². The molecule has 0 amide bonds. The van der Waals surface area contributed by atoms with Crippen LogP contribution < -0.4 is 5.32 Å². The fourth-order valence-corrected chi connectivity index (χ4v) is 2.04. The van der Waals surface area contributed by atoms with Crippen molar-refractivity contribution >= 4 is 0 Å². The van der Waals surface area contributed by atoms with Crippen LogP contribution in [-0.2, 0) is 13.0 Å². The Balaban J connectivity index is 2.22. The highest BCUT2D eigenvalue weighted by Crippen LogP contribution is 2.17. The molecule has 1 aromatic heterocycles. The Morgan fingerprint density at radius 3 is 2.65 bits per heavy atom. The van der Waals surface area contributed by atoms with Crippen molar-refractivity contribution in [2.45, 2.75) is 46.2 Å². The number of rotatable bonds is 4. The van der Waals surface area contributed by atoms with Gasteiger partial charge >= 0.3 is 0 Å². The quantitative estimate of drug-likeness (QED) is 0.926. The molecule has 2 rings (SSSR count). The molecule has 0 fully saturated rings. The molecule has 0 spiro atoms. The first-order valence-corrected chi connectivity index (χ1v) is 6.97. The number of aryl methyl sites for hydroxylation is 1. The Morgan fingerprint density at radius 2 is 2.05 bits per heavy atom. The van der Waals surface area contributed by atoms with Crippen LogP contribution in [0, 0.1) is 5.82 Å². The third-order valence-corrected chi connectivity index (χ3v) is 3.13. The molecule has 2 aromatic rings. The highest BCUT2D eigenvalue weighted by molar-refractivity contribution is 5.37. The molecular formula is C16H22FN3. The molecule has 0 unspecified atom stereocenters. The molecule has 0 radical (unpaired) electrons. The molecule has 4 heteroatoms. The monoisotopic (exact) mass is 275 g/mol. The molecule has 0 aliphatic carbocycles. The van der Waals surface area contributed by atoms with Gasteiger partial charge in [0.05, 0.1) is 5.69 Å². The summed E-state index contributed by atoms with van der Waals surface area (Å²) in [4.78, 5) is 4.23. The Bertz CT molecular complexity index is 582. The summed E-state index contributed by atoms with van der Waals surface area (Å²) in [6, 6.07) is 5.36. The van der Waals surface area contributed by atoms with Crippen molar-refractivity contribution in [3.05, 3.63) is 47.8 Å². The van der Waals surface area contributed by atoms with Crippen molar-refractivity contribution < 1.29 is 4.39 Å². The molecule has 0 bridgehead atoms. The molecule has 0 saturated heterocycles. The lowest BCUT2D eigenvalue weighted by molar-refractivity contribution is 0.423. The van der Waals surface area contributed by atoms with Crippen LogP contribution in [0.2, 0.25) is 0 Å². The number of halogens is 1. The molecule has 1 heterocycles. The molecule has 1 aromatic carbocycles. The van der Waals surface area contributed by atoms with Crippen LogP contribution in [0.25, 0.3) is 5.69 Å². The number of benzene rings is 1. The van der Waals surface area contributed by atoms with Gasteiger partial charge < -0.3 is 9.88 Å². The predicted molar refractivity (Wildman–Crippen MR) is 79.5 cm³/mol. The second-order valence-electron chi connectivity index (χ2n) is 5.96. The minimum atomic E-state index is -0.217. The van der Waals surface area contributed by atoms with Gasteiger partial charge in [-0.15, -0.1) is 0 Å². The molecule has 0 aliphatic rings. The maximum Gasteiger partial charge on any atom is 0.147 e. The largest absolute Gasteiger partial charge is 0.308 e. The van der Waals surface area contributed by atoms with E-state index in [0.717, 1.165) is 17.8 Å². The van der Waals surface area contributed by atoms with Gasteiger partial charge in [-0.3, -0.25) is 0 Å². The van der Waals surface area contributed by atoms with E-state index in [9.17, 15) is 4.39 Å². The number of aromatic nitrogens is 2. The zero-order valence-electron chi connectivity index (χ0n) is 12.6. The normalized spacial score (nSPS) is 11.8. The summed E-state index contributed by atoms with van der Waals surface area (Å²) in [6.07, 6.45) is 4.28. The van der Waals surface area contributed by atoms with Crippen molar-refractivity contribution in [2.75, 3.05) is 0 Å². The maximum absolute atomic E-state index is 14.3. The number of nitrogens with zero attached hydrogens (tertiary/aromatic N) is 2. The summed E-state index contributed by atoms with van der Waals surface area (Å²) < 4.78 is 16.1. The maximum atomic E-state index is 14.3. The summed E-state index contributed by atoms with van der Waals surface area (Å²) >= 11 is 0. The van der Waals surface area contributed by atoms with Crippen LogP contribution in [0.3, 0.4) is 0 Å². The minimum absolute atomic E-state index is 0.0227. The van der Waals surface area contributed by atoms with Crippen LogP contribution in [-0.4, -0.2) is 15.1 Å². The Labute approximate surface area is 119 Å². The third kappa shape index (κ3) is 3.45. The highest BCUT2D eigenvalue weighted by Gasteiger charge is 2.11. The molecule has 108 valence electrons. The smallest absolute Gasteiger partial charge is 0.147 e. The summed E-state index contributed by atoms with van der Waals surface area (Å²) in [7, 11) is 0. The first kappa shape index (κ1) is 14.7. The number of hydrogen-bond acceptors (Lipinski definition) is 2. The van der Waals surface area contributed by atoms with E-state index in [-0.39, 0.29) is 11.4 Å². The van der Waals surface area contributed by atoms with E-state index in [0.29, 0.717) is 12.2 Å². The lowest BCUT2D eigenvalue weighted by atomic mass is 10.1. The summed E-state index contributed by atoms with van der Waals surface area (Å²) in [5.41, 5.74) is 1.52. The van der Waals surface area contributed by atoms with Crippen molar-refractivity contribution in [3.8, 4) is 5.69 Å². The van der Waals surface area contributed by atoms with Crippen LogP contribution >= 0.6 is 0 Å². The first-order valence-electron chi connectivity index (χ1n) is 6.97. The fraction of sp³-hybridized carbons (Fsp3) is 0.438. The Hall–Kier alpha value is -1.68. The molecular weight excluding hydrogens is 253 g/mol. The fourth-order valence-electron chi connectivity index (χ4n) is 2.04. The summed E-state index contributed by atoms with van der Waals surface area (Å²) in [5, 5.41) is 3.36. The molecule has 0 atom stereocenters. The van der Waals surface area contributed by atoms with Crippen LogP contribution in [0.15, 0.2) is 30.6 Å². The van der Waals surface area contributed by atoms with E-state index in [1.165, 1.54) is 0 Å². The molecule has 0 saturated carbocycles. The number of imidazole rings is 1. The van der Waals surface area contributed by atoms with Crippen LogP contribution in [0.1, 0.15) is 39.1 Å². The Morgan fingerprint density at radius 1 is 1.30 bits per heavy atom. The van der Waals surface area contributed by atoms with E-state index in [1.807, 2.05) is 19.1 Å². The van der Waals surface area contributed by atoms with E-state index in [4.69, 9.17) is 0 Å². The molecule has 0 aliphatic heterocycles. The standard InChI is InChI=1S/C16H22FN3/c1-5-15-18-8-9-20(15)14-7-6-12(10-13(14)17)11-19-16(2,3)4/h6-10,19H,5,11H2,1-4H3. The van der Waals surface area contributed by atoms with Crippen molar-refractivity contribution in [2.24, 2.45) is 0 Å². The van der Waals surface area contributed by atoms with Gasteiger partial charge in [-0.2, -0.15) is 0 Å². The third-order valence-electron chi connectivity index (χ3n) is 3.13. The van der Waals surface area contributed by atoms with Gasteiger partial charge in [-0.1, -0.05) is 13.0 Å². The lowest BCUT2D eigenvalue weighted by Crippen LogP contribution is -2.35. The average Bonchev–Trinajstić information content (AvgIpc) is 2.83. The first-order chi connectivity index (χ1) is 9.40. The summed E-state index contributed by atoms with van der Waals surface area (Å²) in [5.74, 6) is 0.648. The van der Waals surface area contributed by atoms with Crippen molar-refractivity contribution in [1.82, 2.24) is 14.9 Å². The van der Waals surface area contributed by atoms with Gasteiger partial charge in [0.25, 0.3) is 0 Å². The van der Waals surface area contributed by atoms with Crippen molar-refractivity contribution in [1.29, 1.82) is 0 Å². The van der Waals surface area contributed by atoms with Gasteiger partial charge in [0.2, 0.25) is 0 Å². The zero-order valence-corrected chi connectivity index (χ0v) is 12.6. The van der Waals surface area contributed by atoms with Crippen LogP contribution in [0.5, 0.6) is 0 Å². The highest BCUT2D eigenvalue weighted by atomic mass is 19.1. The average molecular weight is 275 g/mol. The minimum Gasteiger partial charge on any atom is -0.308 e. The van der Waals surface area contributed by atoms with E-state index in [1.54, 1.807) is 23.0 Å². The predicted octanol–water partition coefficient (Wildman–Crippen LogP) is 3.46. The Kier molecular flexibility index (Phi) is 4.23. The van der Waals surface area contributed by atoms with Gasteiger partial charge in [0.1, 0.15) is 11.6 Å². The number of hydrogen-bond donors (Lipinski definition) is 1. The second-order valence-corrected chi connectivity index (χ2v) is 5.96. The van der Waals surface area contributed by atoms with Gasteiger partial charge in [0.15, 0.2) is 0 Å². The van der Waals surface area contributed by atoms with Crippen LogP contribution in [0.4, 0.5) is 4.39 Å². The van der Waals surface area contributed by atoms with Gasteiger partial charge in [-0.05, 0) is 38.5 Å². The SMILES string of the molecule is CCc1nccn1-c1ccc(CNC(C)(C)C)cc1F. The molecule has 1 N–H and O–H groups in total. The lowest BCUT2D eigenvalue weighted by Gasteiger charge is -2.20. The molecule has 20 heavy (non-hydrogen) atoms. The summed E-state index contributed by atoms with van der Waals surface area (Å²) in [6.45, 7) is 8.95. The van der Waals surface area contributed by atoms with Crippen molar-refractivity contribution in [3.63, 3.8) is 0 Å². The second kappa shape index (κ2) is 5.75.